The number of amides is 1. The molecule has 1 amide bonds. The monoisotopic (exact) mass is 439 g/mol. The van der Waals surface area contributed by atoms with Gasteiger partial charge in [-0.05, 0) is 56.3 Å². The molecule has 7 nitrogen and oxygen atoms in total. The Kier molecular flexibility index (Phi) is 8.07. The van der Waals surface area contributed by atoms with E-state index in [9.17, 15) is 4.79 Å². The van der Waals surface area contributed by atoms with Gasteiger partial charge in [0.2, 0.25) is 0 Å². The highest BCUT2D eigenvalue weighted by molar-refractivity contribution is 5.98. The molecule has 0 unspecified atom stereocenters. The van der Waals surface area contributed by atoms with Crippen LogP contribution in [0.3, 0.4) is 0 Å². The third kappa shape index (κ3) is 7.48. The lowest BCUT2D eigenvalue weighted by molar-refractivity contribution is 0.0954. The lowest BCUT2D eigenvalue weighted by Crippen LogP contribution is -2.35. The highest BCUT2D eigenvalue weighted by Crippen LogP contribution is 2.20. The predicted molar refractivity (Wildman–Crippen MR) is 128 cm³/mol. The first-order chi connectivity index (χ1) is 15.2. The second kappa shape index (κ2) is 10.8. The molecule has 0 aliphatic carbocycles. The van der Waals surface area contributed by atoms with Crippen LogP contribution in [0.1, 0.15) is 55.4 Å². The number of aromatic nitrogens is 2. The summed E-state index contributed by atoms with van der Waals surface area (Å²) in [4.78, 5) is 23.7. The van der Waals surface area contributed by atoms with Crippen LogP contribution in [0.15, 0.2) is 30.5 Å². The van der Waals surface area contributed by atoms with Gasteiger partial charge in [0.05, 0.1) is 0 Å². The number of ether oxygens (including phenoxy) is 1. The number of hydrogen-bond acceptors (Lipinski definition) is 6. The molecule has 1 aliphatic rings. The van der Waals surface area contributed by atoms with Crippen molar-refractivity contribution in [2.45, 2.75) is 53.1 Å². The maximum absolute atomic E-state index is 12.7. The second-order valence-corrected chi connectivity index (χ2v) is 9.86. The molecule has 1 aromatic heterocycles. The lowest BCUT2D eigenvalue weighted by Gasteiger charge is -2.29. The van der Waals surface area contributed by atoms with E-state index in [0.29, 0.717) is 29.9 Å². The first-order valence-corrected chi connectivity index (χ1v) is 11.5. The van der Waals surface area contributed by atoms with Crippen molar-refractivity contribution < 1.29 is 9.53 Å². The number of nitrogens with zero attached hydrogens (tertiary/aromatic N) is 3. The first-order valence-electron chi connectivity index (χ1n) is 11.5. The van der Waals surface area contributed by atoms with Crippen molar-refractivity contribution in [2.24, 2.45) is 5.41 Å². The highest BCUT2D eigenvalue weighted by atomic mass is 16.5. The lowest BCUT2D eigenvalue weighted by atomic mass is 9.97. The molecule has 0 spiro atoms. The maximum atomic E-state index is 12.7. The molecule has 0 saturated carbocycles. The smallest absolute Gasteiger partial charge is 0.256 e. The molecule has 174 valence electrons. The van der Waals surface area contributed by atoms with Crippen molar-refractivity contribution in [2.75, 3.05) is 38.5 Å². The van der Waals surface area contributed by atoms with Gasteiger partial charge < -0.3 is 20.3 Å². The zero-order valence-electron chi connectivity index (χ0n) is 20.1. The topological polar surface area (TPSA) is 79.4 Å². The summed E-state index contributed by atoms with van der Waals surface area (Å²) in [6, 6.07) is 8.19. The molecule has 2 heterocycles. The summed E-state index contributed by atoms with van der Waals surface area (Å²) >= 11 is 0. The van der Waals surface area contributed by atoms with E-state index < -0.39 is 0 Å². The molecule has 7 heteroatoms. The van der Waals surface area contributed by atoms with Crippen LogP contribution < -0.4 is 15.4 Å². The van der Waals surface area contributed by atoms with Gasteiger partial charge in [-0.15, -0.1) is 0 Å². The standard InChI is InChI=1S/C25H37N5O2/c1-18-27-16-22(23(29-18)28-17-25(2,3)4)24(31)26-13-10-19-6-8-20(9-7-19)32-21-11-14-30(5)15-12-21/h6-9,16,21H,10-15,17H2,1-5H3,(H,26,31)(H,27,28,29). The molecular formula is C25H37N5O2. The summed E-state index contributed by atoms with van der Waals surface area (Å²) in [7, 11) is 2.15. The van der Waals surface area contributed by atoms with E-state index >= 15 is 0 Å². The Morgan fingerprint density at radius 3 is 2.53 bits per heavy atom. The summed E-state index contributed by atoms with van der Waals surface area (Å²) in [5.74, 6) is 1.98. The summed E-state index contributed by atoms with van der Waals surface area (Å²) in [6.07, 6.45) is 4.78. The Balaban J connectivity index is 1.49. The van der Waals surface area contributed by atoms with Gasteiger partial charge >= 0.3 is 0 Å². The van der Waals surface area contributed by atoms with Crippen molar-refractivity contribution in [3.63, 3.8) is 0 Å². The number of anilines is 1. The van der Waals surface area contributed by atoms with E-state index in [-0.39, 0.29) is 11.3 Å². The Bertz CT molecular complexity index is 884. The Hall–Kier alpha value is -2.67. The van der Waals surface area contributed by atoms with Gasteiger partial charge in [0.15, 0.2) is 0 Å². The number of nitrogens with one attached hydrogen (secondary N) is 2. The Labute approximate surface area is 192 Å². The minimum absolute atomic E-state index is 0.0792. The summed E-state index contributed by atoms with van der Waals surface area (Å²) < 4.78 is 6.11. The highest BCUT2D eigenvalue weighted by Gasteiger charge is 2.18. The number of carbonyl (C=O) groups excluding carboxylic acids is 1. The fourth-order valence-electron chi connectivity index (χ4n) is 3.57. The number of piperidine rings is 1. The molecular weight excluding hydrogens is 402 g/mol. The summed E-state index contributed by atoms with van der Waals surface area (Å²) in [5, 5.41) is 6.29. The molecule has 3 rings (SSSR count). The zero-order valence-corrected chi connectivity index (χ0v) is 20.1. The number of rotatable bonds is 8. The second-order valence-electron chi connectivity index (χ2n) is 9.86. The van der Waals surface area contributed by atoms with Gasteiger partial charge in [-0.1, -0.05) is 32.9 Å². The van der Waals surface area contributed by atoms with E-state index in [1.807, 2.05) is 19.1 Å². The summed E-state index contributed by atoms with van der Waals surface area (Å²) in [5.41, 5.74) is 1.71. The quantitative estimate of drug-likeness (QED) is 0.653. The molecule has 2 aromatic rings. The van der Waals surface area contributed by atoms with E-state index in [0.717, 1.165) is 50.2 Å². The molecule has 1 saturated heterocycles. The van der Waals surface area contributed by atoms with Gasteiger partial charge in [0.1, 0.15) is 29.1 Å². The van der Waals surface area contributed by atoms with Gasteiger partial charge in [-0.3, -0.25) is 4.79 Å². The summed E-state index contributed by atoms with van der Waals surface area (Å²) in [6.45, 7) is 11.7. The molecule has 0 atom stereocenters. The third-order valence-corrected chi connectivity index (χ3v) is 5.53. The molecule has 0 radical (unpaired) electrons. The van der Waals surface area contributed by atoms with Crippen LogP contribution in [0.25, 0.3) is 0 Å². The van der Waals surface area contributed by atoms with Crippen molar-refractivity contribution >= 4 is 11.7 Å². The van der Waals surface area contributed by atoms with Crippen LogP contribution in [0.5, 0.6) is 5.75 Å². The largest absolute Gasteiger partial charge is 0.490 e. The third-order valence-electron chi connectivity index (χ3n) is 5.53. The van der Waals surface area contributed by atoms with Gasteiger partial charge in [-0.25, -0.2) is 9.97 Å². The van der Waals surface area contributed by atoms with Crippen LogP contribution in [-0.4, -0.2) is 60.1 Å². The number of likely N-dealkylation sites (tertiary alicyclic amines) is 1. The molecule has 32 heavy (non-hydrogen) atoms. The first kappa shape index (κ1) is 24.0. The molecule has 1 aliphatic heterocycles. The van der Waals surface area contributed by atoms with E-state index in [1.54, 1.807) is 6.20 Å². The minimum atomic E-state index is -0.163. The molecule has 1 aromatic carbocycles. The average molecular weight is 440 g/mol. The van der Waals surface area contributed by atoms with Crippen molar-refractivity contribution in [3.8, 4) is 5.75 Å². The van der Waals surface area contributed by atoms with Gasteiger partial charge in [0.25, 0.3) is 5.91 Å². The van der Waals surface area contributed by atoms with Crippen molar-refractivity contribution in [1.82, 2.24) is 20.2 Å². The number of carbonyl (C=O) groups is 1. The van der Waals surface area contributed by atoms with E-state index in [2.05, 4.69) is 65.5 Å². The van der Waals surface area contributed by atoms with Crippen LogP contribution in [-0.2, 0) is 6.42 Å². The minimum Gasteiger partial charge on any atom is -0.490 e. The van der Waals surface area contributed by atoms with Gasteiger partial charge in [0, 0.05) is 32.4 Å². The van der Waals surface area contributed by atoms with Crippen LogP contribution >= 0.6 is 0 Å². The Morgan fingerprint density at radius 1 is 1.19 bits per heavy atom. The average Bonchev–Trinajstić information content (AvgIpc) is 2.74. The number of hydrogen-bond donors (Lipinski definition) is 2. The van der Waals surface area contributed by atoms with Gasteiger partial charge in [-0.2, -0.15) is 0 Å². The van der Waals surface area contributed by atoms with Crippen molar-refractivity contribution in [1.29, 1.82) is 0 Å². The molecule has 0 bridgehead atoms. The normalized spacial score (nSPS) is 15.4. The Morgan fingerprint density at radius 2 is 1.88 bits per heavy atom. The number of aryl methyl sites for hydroxylation is 1. The predicted octanol–water partition coefficient (Wildman–Crippen LogP) is 3.69. The maximum Gasteiger partial charge on any atom is 0.256 e. The van der Waals surface area contributed by atoms with Crippen LogP contribution in [0.2, 0.25) is 0 Å². The molecule has 2 N–H and O–H groups in total. The van der Waals surface area contributed by atoms with Crippen molar-refractivity contribution in [3.05, 3.63) is 47.4 Å². The SMILES string of the molecule is Cc1ncc(C(=O)NCCc2ccc(OC3CCN(C)CC3)cc2)c(NCC(C)(C)C)n1. The van der Waals surface area contributed by atoms with E-state index in [1.165, 1.54) is 0 Å². The zero-order chi connectivity index (χ0) is 23.1. The fourth-order valence-corrected chi connectivity index (χ4v) is 3.57. The molecule has 1 fully saturated rings. The van der Waals surface area contributed by atoms with Crippen LogP contribution in [0.4, 0.5) is 5.82 Å². The van der Waals surface area contributed by atoms with E-state index in [4.69, 9.17) is 4.74 Å². The number of benzene rings is 1. The van der Waals surface area contributed by atoms with Crippen LogP contribution in [0, 0.1) is 12.3 Å². The fraction of sp³-hybridized carbons (Fsp3) is 0.560.